The van der Waals surface area contributed by atoms with Crippen molar-refractivity contribution < 1.29 is 0 Å². The Bertz CT molecular complexity index is 442. The summed E-state index contributed by atoms with van der Waals surface area (Å²) in [5, 5.41) is 5.10. The van der Waals surface area contributed by atoms with E-state index in [1.54, 1.807) is 0 Å². The molecular weight excluding hydrogens is 230 g/mol. The Hall–Kier alpha value is -1.13. The highest BCUT2D eigenvalue weighted by Gasteiger charge is 2.17. The van der Waals surface area contributed by atoms with E-state index in [1.165, 1.54) is 5.56 Å². The molecule has 0 saturated carbocycles. The monoisotopic (exact) mass is 239 g/mol. The Morgan fingerprint density at radius 3 is 3.00 bits per heavy atom. The molecule has 15 heavy (non-hydrogen) atoms. The Balaban J connectivity index is 2.28. The van der Waals surface area contributed by atoms with Crippen LogP contribution in [0.15, 0.2) is 23.3 Å². The highest BCUT2D eigenvalue weighted by Crippen LogP contribution is 2.25. The molecule has 0 aliphatic heterocycles. The summed E-state index contributed by atoms with van der Waals surface area (Å²) in [5.74, 6) is 0. The summed E-state index contributed by atoms with van der Waals surface area (Å²) in [6.45, 7) is 0. The molecule has 0 heterocycles. The Kier molecular flexibility index (Phi) is 2.88. The van der Waals surface area contributed by atoms with Crippen LogP contribution in [0, 0.1) is 0 Å². The van der Waals surface area contributed by atoms with Gasteiger partial charge in [-0.25, -0.2) is 0 Å². The van der Waals surface area contributed by atoms with Crippen LogP contribution >= 0.6 is 23.8 Å². The van der Waals surface area contributed by atoms with Gasteiger partial charge in [0.2, 0.25) is 0 Å². The van der Waals surface area contributed by atoms with E-state index in [0.29, 0.717) is 0 Å². The van der Waals surface area contributed by atoms with Crippen molar-refractivity contribution in [3.05, 3.63) is 34.3 Å². The molecule has 0 fully saturated rings. The molecule has 1 aliphatic carbocycles. The Labute approximate surface area is 98.3 Å². The number of rotatable bonds is 1. The standard InChI is InChI=1S/C10H10ClN3S/c11-7-2-3-8-6(5-7)1-4-9(8)13-14-10(12)15/h2-3,5H,1,4H2,(H3,12,14,15)/b13-9+. The SMILES string of the molecule is NC(=S)N/N=C1\CCc2cc(Cl)ccc21. The van der Waals surface area contributed by atoms with E-state index in [-0.39, 0.29) is 5.11 Å². The van der Waals surface area contributed by atoms with Crippen molar-refractivity contribution in [3.63, 3.8) is 0 Å². The lowest BCUT2D eigenvalue weighted by atomic mass is 10.1. The van der Waals surface area contributed by atoms with Crippen molar-refractivity contribution in [3.8, 4) is 0 Å². The molecule has 3 N–H and O–H groups in total. The minimum absolute atomic E-state index is 0.185. The minimum atomic E-state index is 0.185. The number of hydrazone groups is 1. The van der Waals surface area contributed by atoms with Crippen molar-refractivity contribution in [1.29, 1.82) is 0 Å². The fraction of sp³-hybridized carbons (Fsp3) is 0.200. The molecule has 78 valence electrons. The number of aryl methyl sites for hydroxylation is 1. The van der Waals surface area contributed by atoms with E-state index in [4.69, 9.17) is 17.3 Å². The van der Waals surface area contributed by atoms with Crippen LogP contribution in [-0.4, -0.2) is 10.8 Å². The molecule has 1 aromatic carbocycles. The summed E-state index contributed by atoms with van der Waals surface area (Å²) in [6, 6.07) is 5.81. The molecule has 0 aromatic heterocycles. The van der Waals surface area contributed by atoms with Crippen LogP contribution in [-0.2, 0) is 6.42 Å². The van der Waals surface area contributed by atoms with Gasteiger partial charge in [-0.1, -0.05) is 17.7 Å². The second-order valence-corrected chi connectivity index (χ2v) is 4.21. The van der Waals surface area contributed by atoms with E-state index in [2.05, 4.69) is 22.7 Å². The zero-order chi connectivity index (χ0) is 10.8. The molecule has 5 heteroatoms. The van der Waals surface area contributed by atoms with Crippen LogP contribution in [0.5, 0.6) is 0 Å². The van der Waals surface area contributed by atoms with Crippen molar-refractivity contribution >= 4 is 34.6 Å². The lowest BCUT2D eigenvalue weighted by molar-refractivity contribution is 1.01. The van der Waals surface area contributed by atoms with Gasteiger partial charge in [0.25, 0.3) is 0 Å². The number of benzene rings is 1. The molecular formula is C10H10ClN3S. The lowest BCUT2D eigenvalue weighted by Crippen LogP contribution is -2.25. The number of hydrogen-bond donors (Lipinski definition) is 2. The van der Waals surface area contributed by atoms with Crippen molar-refractivity contribution in [2.45, 2.75) is 12.8 Å². The van der Waals surface area contributed by atoms with Gasteiger partial charge >= 0.3 is 0 Å². The van der Waals surface area contributed by atoms with Gasteiger partial charge in [-0.05, 0) is 42.8 Å². The molecule has 0 bridgehead atoms. The fourth-order valence-electron chi connectivity index (χ4n) is 1.68. The zero-order valence-electron chi connectivity index (χ0n) is 7.96. The van der Waals surface area contributed by atoms with Crippen LogP contribution in [0.2, 0.25) is 5.02 Å². The predicted octanol–water partition coefficient (Wildman–Crippen LogP) is 1.82. The smallest absolute Gasteiger partial charge is 0.184 e. The first-order valence-corrected chi connectivity index (χ1v) is 5.36. The maximum Gasteiger partial charge on any atom is 0.184 e. The van der Waals surface area contributed by atoms with E-state index < -0.39 is 0 Å². The average Bonchev–Trinajstić information content (AvgIpc) is 2.57. The zero-order valence-corrected chi connectivity index (χ0v) is 9.53. The number of nitrogens with two attached hydrogens (primary N) is 1. The van der Waals surface area contributed by atoms with Gasteiger partial charge in [0.1, 0.15) is 0 Å². The average molecular weight is 240 g/mol. The number of hydrogen-bond acceptors (Lipinski definition) is 2. The summed E-state index contributed by atoms with van der Waals surface area (Å²) < 4.78 is 0. The molecule has 2 rings (SSSR count). The van der Waals surface area contributed by atoms with E-state index in [9.17, 15) is 0 Å². The quantitative estimate of drug-likeness (QED) is 0.581. The van der Waals surface area contributed by atoms with Crippen molar-refractivity contribution in [2.75, 3.05) is 0 Å². The normalized spacial score (nSPS) is 16.5. The second kappa shape index (κ2) is 4.16. The molecule has 3 nitrogen and oxygen atoms in total. The van der Waals surface area contributed by atoms with Crippen LogP contribution in [0.4, 0.5) is 0 Å². The first-order chi connectivity index (χ1) is 7.16. The molecule has 0 atom stereocenters. The molecule has 0 unspecified atom stereocenters. The third-order valence-electron chi connectivity index (χ3n) is 2.31. The largest absolute Gasteiger partial charge is 0.375 e. The van der Waals surface area contributed by atoms with Crippen molar-refractivity contribution in [2.24, 2.45) is 10.8 Å². The Morgan fingerprint density at radius 2 is 2.27 bits per heavy atom. The van der Waals surface area contributed by atoms with Gasteiger partial charge in [-0.15, -0.1) is 0 Å². The summed E-state index contributed by atoms with van der Waals surface area (Å²) in [5.41, 5.74) is 11.3. The van der Waals surface area contributed by atoms with E-state index in [1.807, 2.05) is 18.2 Å². The van der Waals surface area contributed by atoms with Crippen LogP contribution < -0.4 is 11.2 Å². The van der Waals surface area contributed by atoms with E-state index >= 15 is 0 Å². The molecule has 0 saturated heterocycles. The molecule has 0 radical (unpaired) electrons. The van der Waals surface area contributed by atoms with Gasteiger partial charge in [0.05, 0.1) is 5.71 Å². The topological polar surface area (TPSA) is 50.4 Å². The molecule has 0 spiro atoms. The maximum absolute atomic E-state index is 5.90. The van der Waals surface area contributed by atoms with Crippen LogP contribution in [0.3, 0.4) is 0 Å². The van der Waals surface area contributed by atoms with Gasteiger partial charge < -0.3 is 5.73 Å². The number of halogens is 1. The number of nitrogens with one attached hydrogen (secondary N) is 1. The molecule has 1 aromatic rings. The lowest BCUT2D eigenvalue weighted by Gasteiger charge is -2.01. The fourth-order valence-corrected chi connectivity index (χ4v) is 1.92. The first-order valence-electron chi connectivity index (χ1n) is 4.57. The summed E-state index contributed by atoms with van der Waals surface area (Å²) in [6.07, 6.45) is 1.86. The molecule has 0 amide bonds. The third kappa shape index (κ3) is 2.27. The highest BCUT2D eigenvalue weighted by molar-refractivity contribution is 7.80. The molecule has 1 aliphatic rings. The van der Waals surface area contributed by atoms with Crippen molar-refractivity contribution in [1.82, 2.24) is 5.43 Å². The van der Waals surface area contributed by atoms with E-state index in [0.717, 1.165) is 29.1 Å². The third-order valence-corrected chi connectivity index (χ3v) is 2.64. The number of thiocarbonyl (C=S) groups is 1. The summed E-state index contributed by atoms with van der Waals surface area (Å²) in [4.78, 5) is 0. The summed E-state index contributed by atoms with van der Waals surface area (Å²) >= 11 is 10.6. The van der Waals surface area contributed by atoms with Crippen LogP contribution in [0.1, 0.15) is 17.5 Å². The summed E-state index contributed by atoms with van der Waals surface area (Å²) in [7, 11) is 0. The number of fused-ring (bicyclic) bond motifs is 1. The minimum Gasteiger partial charge on any atom is -0.375 e. The van der Waals surface area contributed by atoms with Gasteiger partial charge in [-0.3, -0.25) is 5.43 Å². The Morgan fingerprint density at radius 1 is 1.47 bits per heavy atom. The van der Waals surface area contributed by atoms with Crippen LogP contribution in [0.25, 0.3) is 0 Å². The van der Waals surface area contributed by atoms with Gasteiger partial charge in [0.15, 0.2) is 5.11 Å². The first kappa shape index (κ1) is 10.4. The predicted molar refractivity (Wildman–Crippen MR) is 66.2 cm³/mol. The maximum atomic E-state index is 5.90. The van der Waals surface area contributed by atoms with Gasteiger partial charge in [-0.2, -0.15) is 5.10 Å². The second-order valence-electron chi connectivity index (χ2n) is 3.34. The number of nitrogens with zero attached hydrogens (tertiary/aromatic N) is 1. The van der Waals surface area contributed by atoms with Gasteiger partial charge in [0, 0.05) is 10.6 Å². The highest BCUT2D eigenvalue weighted by atomic mass is 35.5.